The molecule has 1 fully saturated rings. The van der Waals surface area contributed by atoms with Crippen molar-refractivity contribution in [3.05, 3.63) is 72.3 Å². The minimum atomic E-state index is 0.0754. The molecule has 1 unspecified atom stereocenters. The van der Waals surface area contributed by atoms with Gasteiger partial charge in [-0.1, -0.05) is 42.3 Å². The van der Waals surface area contributed by atoms with Crippen LogP contribution >= 0.6 is 0 Å². The molecule has 2 heterocycles. The maximum atomic E-state index is 6.33. The second-order valence-electron chi connectivity index (χ2n) is 8.03. The van der Waals surface area contributed by atoms with E-state index >= 15 is 0 Å². The molecule has 5 N–H and O–H groups in total. The first-order valence-corrected chi connectivity index (χ1v) is 11.2. The Morgan fingerprint density at radius 3 is 2.68 bits per heavy atom. The molecular formula is C27H26N6O. The molecule has 0 bridgehead atoms. The molecule has 1 aliphatic rings. The Morgan fingerprint density at radius 2 is 1.88 bits per heavy atom. The van der Waals surface area contributed by atoms with Crippen molar-refractivity contribution in [2.24, 2.45) is 0 Å². The average Bonchev–Trinajstić information content (AvgIpc) is 2.88. The fourth-order valence-corrected chi connectivity index (χ4v) is 4.05. The van der Waals surface area contributed by atoms with Gasteiger partial charge in [-0.15, -0.1) is 0 Å². The van der Waals surface area contributed by atoms with Crippen LogP contribution in [-0.4, -0.2) is 29.7 Å². The van der Waals surface area contributed by atoms with Gasteiger partial charge in [0.2, 0.25) is 5.95 Å². The number of hydrogen-bond acceptors (Lipinski definition) is 7. The number of ether oxygens (including phenoxy) is 1. The number of benzene rings is 3. The summed E-state index contributed by atoms with van der Waals surface area (Å²) in [6, 6.07) is 25.0. The highest BCUT2D eigenvalue weighted by Gasteiger charge is 2.16. The number of aromatic nitrogens is 2. The van der Waals surface area contributed by atoms with Crippen LogP contribution in [0.15, 0.2) is 66.7 Å². The molecule has 0 spiro atoms. The van der Waals surface area contributed by atoms with Gasteiger partial charge < -0.3 is 26.4 Å². The van der Waals surface area contributed by atoms with Gasteiger partial charge in [0.1, 0.15) is 5.82 Å². The number of fused-ring (bicyclic) bond motifs is 1. The molecule has 7 heteroatoms. The molecule has 7 nitrogen and oxygen atoms in total. The number of nitrogens with one attached hydrogen (secondary N) is 3. The molecule has 34 heavy (non-hydrogen) atoms. The molecule has 1 saturated heterocycles. The number of nitrogens with zero attached hydrogens (tertiary/aromatic N) is 2. The van der Waals surface area contributed by atoms with Gasteiger partial charge in [0.15, 0.2) is 0 Å². The van der Waals surface area contributed by atoms with E-state index in [0.717, 1.165) is 58.7 Å². The van der Waals surface area contributed by atoms with Crippen LogP contribution in [0.4, 0.5) is 23.1 Å². The predicted octanol–water partition coefficient (Wildman–Crippen LogP) is 4.68. The van der Waals surface area contributed by atoms with E-state index in [1.54, 1.807) is 6.92 Å². The Morgan fingerprint density at radius 1 is 1.03 bits per heavy atom. The van der Waals surface area contributed by atoms with Gasteiger partial charge in [0.25, 0.3) is 0 Å². The summed E-state index contributed by atoms with van der Waals surface area (Å²) in [6.45, 7) is 4.24. The minimum Gasteiger partial charge on any atom is -0.383 e. The predicted molar refractivity (Wildman–Crippen MR) is 138 cm³/mol. The zero-order valence-corrected chi connectivity index (χ0v) is 18.9. The Labute approximate surface area is 198 Å². The number of rotatable bonds is 5. The first-order chi connectivity index (χ1) is 16.7. The Kier molecular flexibility index (Phi) is 6.25. The highest BCUT2D eigenvalue weighted by Crippen LogP contribution is 2.32. The molecule has 0 amide bonds. The maximum Gasteiger partial charge on any atom is 0.229 e. The lowest BCUT2D eigenvalue weighted by Crippen LogP contribution is -2.33. The zero-order chi connectivity index (χ0) is 23.3. The summed E-state index contributed by atoms with van der Waals surface area (Å²) in [4.78, 5) is 9.32. The van der Waals surface area contributed by atoms with Crippen LogP contribution in [0.5, 0.6) is 0 Å². The van der Waals surface area contributed by atoms with E-state index < -0.39 is 0 Å². The molecule has 1 atom stereocenters. The quantitative estimate of drug-likeness (QED) is 0.259. The van der Waals surface area contributed by atoms with Crippen molar-refractivity contribution in [1.29, 1.82) is 0 Å². The maximum absolute atomic E-state index is 6.33. The van der Waals surface area contributed by atoms with E-state index in [9.17, 15) is 0 Å². The van der Waals surface area contributed by atoms with Crippen LogP contribution in [0.3, 0.4) is 0 Å². The Balaban J connectivity index is 1.46. The molecule has 0 aliphatic carbocycles. The fraction of sp³-hybridized carbons (Fsp3) is 0.185. The van der Waals surface area contributed by atoms with Crippen molar-refractivity contribution in [2.75, 3.05) is 36.1 Å². The summed E-state index contributed by atoms with van der Waals surface area (Å²) >= 11 is 0. The zero-order valence-electron chi connectivity index (χ0n) is 18.9. The largest absolute Gasteiger partial charge is 0.383 e. The number of anilines is 4. The highest BCUT2D eigenvalue weighted by molar-refractivity contribution is 5.99. The topological polar surface area (TPSA) is 97.1 Å². The second kappa shape index (κ2) is 9.79. The van der Waals surface area contributed by atoms with Gasteiger partial charge in [0.05, 0.1) is 18.2 Å². The van der Waals surface area contributed by atoms with E-state index in [1.807, 2.05) is 54.6 Å². The van der Waals surface area contributed by atoms with Crippen molar-refractivity contribution in [1.82, 2.24) is 15.3 Å². The van der Waals surface area contributed by atoms with Crippen LogP contribution in [0.1, 0.15) is 18.6 Å². The summed E-state index contributed by atoms with van der Waals surface area (Å²) in [5, 5.41) is 10.6. The van der Waals surface area contributed by atoms with Gasteiger partial charge >= 0.3 is 0 Å². The molecule has 5 rings (SSSR count). The van der Waals surface area contributed by atoms with Gasteiger partial charge in [-0.3, -0.25) is 0 Å². The average molecular weight is 451 g/mol. The third kappa shape index (κ3) is 4.64. The van der Waals surface area contributed by atoms with E-state index in [0.29, 0.717) is 11.8 Å². The lowest BCUT2D eigenvalue weighted by Gasteiger charge is -2.24. The van der Waals surface area contributed by atoms with Crippen LogP contribution in [0.2, 0.25) is 0 Å². The fourth-order valence-electron chi connectivity index (χ4n) is 4.05. The summed E-state index contributed by atoms with van der Waals surface area (Å²) in [7, 11) is 0. The normalized spacial score (nSPS) is 15.4. The summed E-state index contributed by atoms with van der Waals surface area (Å²) in [6.07, 6.45) is 0.0754. The molecular weight excluding hydrogens is 424 g/mol. The molecule has 4 aromatic rings. The van der Waals surface area contributed by atoms with Gasteiger partial charge in [-0.25, -0.2) is 4.98 Å². The third-order valence-electron chi connectivity index (χ3n) is 5.73. The standard InChI is InChI=1S/C27H26N6O/c1-2-13-30-21-6-3-5-19(16-21)22-7-4-8-23-25(22)32-27(33-26(23)28)31-20-11-9-18(10-12-20)24-17-29-14-15-34-24/h3-12,16,24,29-30H,14-15,17H2,1H3,(H3,28,31,32,33). The lowest BCUT2D eigenvalue weighted by molar-refractivity contribution is 0.0277. The number of morpholine rings is 1. The van der Waals surface area contributed by atoms with Crippen LogP contribution in [0.25, 0.3) is 22.0 Å². The summed E-state index contributed by atoms with van der Waals surface area (Å²) in [5.74, 6) is 3.73. The summed E-state index contributed by atoms with van der Waals surface area (Å²) < 4.78 is 5.84. The van der Waals surface area contributed by atoms with Crippen molar-refractivity contribution < 1.29 is 4.74 Å². The molecule has 0 radical (unpaired) electrons. The van der Waals surface area contributed by atoms with Crippen LogP contribution < -0.4 is 21.7 Å². The number of para-hydroxylation sites is 1. The first-order valence-electron chi connectivity index (χ1n) is 11.2. The van der Waals surface area contributed by atoms with Gasteiger partial charge in [0, 0.05) is 41.5 Å². The van der Waals surface area contributed by atoms with Crippen molar-refractivity contribution in [3.8, 4) is 23.1 Å². The van der Waals surface area contributed by atoms with Crippen LogP contribution in [-0.2, 0) is 4.74 Å². The number of nitrogen functional groups attached to an aromatic ring is 1. The van der Waals surface area contributed by atoms with Crippen molar-refractivity contribution in [3.63, 3.8) is 0 Å². The monoisotopic (exact) mass is 450 g/mol. The van der Waals surface area contributed by atoms with Crippen molar-refractivity contribution >= 4 is 34.0 Å². The minimum absolute atomic E-state index is 0.0754. The second-order valence-corrected chi connectivity index (χ2v) is 8.03. The highest BCUT2D eigenvalue weighted by atomic mass is 16.5. The lowest BCUT2D eigenvalue weighted by atomic mass is 10.0. The number of nitrogens with two attached hydrogens (primary N) is 1. The third-order valence-corrected chi connectivity index (χ3v) is 5.73. The Hall–Kier alpha value is -4.12. The van der Waals surface area contributed by atoms with Gasteiger partial charge in [-0.2, -0.15) is 4.98 Å². The SMILES string of the molecule is CC#CNc1cccc(-c2cccc3c(N)nc(Nc4ccc(C5CNCCO5)cc4)nc23)c1. The van der Waals surface area contributed by atoms with Crippen molar-refractivity contribution in [2.45, 2.75) is 13.0 Å². The van der Waals surface area contributed by atoms with Crippen LogP contribution in [0, 0.1) is 12.0 Å². The van der Waals surface area contributed by atoms with Gasteiger partial charge in [-0.05, 0) is 48.4 Å². The van der Waals surface area contributed by atoms with E-state index in [4.69, 9.17) is 15.5 Å². The Bertz CT molecular complexity index is 1370. The molecule has 1 aromatic heterocycles. The smallest absolute Gasteiger partial charge is 0.229 e. The molecule has 170 valence electrons. The molecule has 0 saturated carbocycles. The molecule has 3 aromatic carbocycles. The molecule has 1 aliphatic heterocycles. The van der Waals surface area contributed by atoms with E-state index in [-0.39, 0.29) is 6.10 Å². The number of hydrogen-bond donors (Lipinski definition) is 4. The van der Waals surface area contributed by atoms with E-state index in [2.05, 4.69) is 45.0 Å². The first kappa shape index (κ1) is 21.7. The summed E-state index contributed by atoms with van der Waals surface area (Å²) in [5.41, 5.74) is 12.0. The van der Waals surface area contributed by atoms with E-state index in [1.165, 1.54) is 0 Å².